The Morgan fingerprint density at radius 3 is 1.45 bits per heavy atom. The van der Waals surface area contributed by atoms with Gasteiger partial charge in [0.05, 0.1) is 0 Å². The summed E-state index contributed by atoms with van der Waals surface area (Å²) < 4.78 is 3.22. The fraction of sp³-hybridized carbons (Fsp3) is 0.667. The largest absolute Gasteiger partial charge is 0.359 e. The van der Waals surface area contributed by atoms with E-state index in [0.29, 0.717) is 0 Å². The molecule has 0 saturated heterocycles. The van der Waals surface area contributed by atoms with Crippen molar-refractivity contribution in [3.05, 3.63) is 0 Å². The van der Waals surface area contributed by atoms with Crippen molar-refractivity contribution in [2.75, 3.05) is 14.1 Å². The monoisotopic (exact) mass is 174 g/mol. The summed E-state index contributed by atoms with van der Waals surface area (Å²) in [5.74, 6) is 0.0366. The lowest BCUT2D eigenvalue weighted by Crippen LogP contribution is -2.41. The first-order valence-corrected chi connectivity index (χ1v) is 4.65. The SMILES string of the molecule is CC(=O)N(C)[SiH2]N(C)C(C)=O. The quantitative estimate of drug-likeness (QED) is 0.501. The van der Waals surface area contributed by atoms with Crippen LogP contribution in [0.1, 0.15) is 13.8 Å². The molecule has 0 rings (SSSR count). The van der Waals surface area contributed by atoms with Crippen molar-refractivity contribution in [3.63, 3.8) is 0 Å². The van der Waals surface area contributed by atoms with Crippen LogP contribution in [0.5, 0.6) is 0 Å². The van der Waals surface area contributed by atoms with Crippen LogP contribution in [0.3, 0.4) is 0 Å². The van der Waals surface area contributed by atoms with Crippen molar-refractivity contribution < 1.29 is 9.59 Å². The van der Waals surface area contributed by atoms with E-state index < -0.39 is 9.84 Å². The minimum absolute atomic E-state index is 0.0183. The number of carbonyl (C=O) groups is 2. The fourth-order valence-corrected chi connectivity index (χ4v) is 1.55. The number of amides is 2. The molecule has 0 aliphatic carbocycles. The third-order valence-electron chi connectivity index (χ3n) is 1.50. The highest BCUT2D eigenvalue weighted by Gasteiger charge is 2.08. The van der Waals surface area contributed by atoms with Crippen LogP contribution in [0, 0.1) is 0 Å². The van der Waals surface area contributed by atoms with E-state index in [1.54, 1.807) is 23.2 Å². The maximum Gasteiger partial charge on any atom is 0.235 e. The van der Waals surface area contributed by atoms with Crippen LogP contribution in [-0.4, -0.2) is 44.9 Å². The fourth-order valence-electron chi connectivity index (χ4n) is 0.517. The highest BCUT2D eigenvalue weighted by atomic mass is 28.2. The molecule has 4 nitrogen and oxygen atoms in total. The molecular formula is C6H14N2O2Si. The van der Waals surface area contributed by atoms with Gasteiger partial charge in [0.2, 0.25) is 21.7 Å². The Morgan fingerprint density at radius 1 is 1.00 bits per heavy atom. The Morgan fingerprint density at radius 2 is 1.27 bits per heavy atom. The minimum Gasteiger partial charge on any atom is -0.359 e. The number of carbonyl (C=O) groups excluding carboxylic acids is 2. The van der Waals surface area contributed by atoms with Gasteiger partial charge in [-0.2, -0.15) is 0 Å². The molecule has 0 aliphatic heterocycles. The second-order valence-electron chi connectivity index (χ2n) is 2.58. The summed E-state index contributed by atoms with van der Waals surface area (Å²) >= 11 is 0. The lowest BCUT2D eigenvalue weighted by molar-refractivity contribution is -0.125. The van der Waals surface area contributed by atoms with Crippen molar-refractivity contribution in [2.45, 2.75) is 13.8 Å². The van der Waals surface area contributed by atoms with Gasteiger partial charge in [0.1, 0.15) is 0 Å². The Balaban J connectivity index is 3.84. The lowest BCUT2D eigenvalue weighted by atomic mass is 10.7. The molecule has 0 bridgehead atoms. The van der Waals surface area contributed by atoms with E-state index >= 15 is 0 Å². The maximum atomic E-state index is 10.7. The first-order valence-electron chi connectivity index (χ1n) is 3.38. The van der Waals surface area contributed by atoms with Gasteiger partial charge in [0, 0.05) is 27.9 Å². The summed E-state index contributed by atoms with van der Waals surface area (Å²) in [4.78, 5) is 21.4. The topological polar surface area (TPSA) is 40.6 Å². The smallest absolute Gasteiger partial charge is 0.235 e. The van der Waals surface area contributed by atoms with E-state index in [2.05, 4.69) is 0 Å². The first kappa shape index (κ1) is 10.2. The summed E-state index contributed by atoms with van der Waals surface area (Å²) in [7, 11) is 2.57. The van der Waals surface area contributed by atoms with Crippen LogP contribution in [0.4, 0.5) is 0 Å². The molecule has 0 N–H and O–H groups in total. The summed E-state index contributed by atoms with van der Waals surface area (Å²) in [6.07, 6.45) is 0. The summed E-state index contributed by atoms with van der Waals surface area (Å²) in [6, 6.07) is 0. The van der Waals surface area contributed by atoms with Crippen LogP contribution < -0.4 is 0 Å². The average Bonchev–Trinajstić information content (AvgIpc) is 1.87. The molecule has 0 aliphatic rings. The predicted molar refractivity (Wildman–Crippen MR) is 45.4 cm³/mol. The summed E-state index contributed by atoms with van der Waals surface area (Å²) in [5, 5.41) is 0. The number of rotatable bonds is 2. The summed E-state index contributed by atoms with van der Waals surface area (Å²) in [5.41, 5.74) is 0. The maximum absolute atomic E-state index is 10.7. The van der Waals surface area contributed by atoms with Gasteiger partial charge in [-0.15, -0.1) is 0 Å². The molecule has 2 amide bonds. The molecule has 0 unspecified atom stereocenters. The van der Waals surface area contributed by atoms with E-state index in [-0.39, 0.29) is 11.8 Å². The Hall–Kier alpha value is -0.843. The van der Waals surface area contributed by atoms with Gasteiger partial charge in [-0.25, -0.2) is 0 Å². The lowest BCUT2D eigenvalue weighted by Gasteiger charge is -2.21. The average molecular weight is 174 g/mol. The molecule has 0 radical (unpaired) electrons. The van der Waals surface area contributed by atoms with E-state index in [9.17, 15) is 9.59 Å². The molecular weight excluding hydrogens is 160 g/mol. The highest BCUT2D eigenvalue weighted by molar-refractivity contribution is 6.37. The van der Waals surface area contributed by atoms with Crippen LogP contribution in [0.2, 0.25) is 0 Å². The standard InChI is InChI=1S/C6H14N2O2Si/c1-5(9)7(3)11-8(4)6(2)10/h11H2,1-4H3. The second-order valence-corrected chi connectivity index (χ2v) is 4.76. The number of nitrogens with zero attached hydrogens (tertiary/aromatic N) is 2. The highest BCUT2D eigenvalue weighted by Crippen LogP contribution is 1.85. The van der Waals surface area contributed by atoms with Crippen LogP contribution in [0.25, 0.3) is 0 Å². The van der Waals surface area contributed by atoms with Crippen LogP contribution in [-0.2, 0) is 9.59 Å². The molecule has 0 saturated carbocycles. The molecule has 0 atom stereocenters. The molecule has 0 spiro atoms. The van der Waals surface area contributed by atoms with Crippen LogP contribution >= 0.6 is 0 Å². The van der Waals surface area contributed by atoms with Gasteiger partial charge in [0.15, 0.2) is 0 Å². The van der Waals surface area contributed by atoms with Crippen LogP contribution in [0.15, 0.2) is 0 Å². The van der Waals surface area contributed by atoms with Gasteiger partial charge in [0.25, 0.3) is 0 Å². The van der Waals surface area contributed by atoms with Gasteiger partial charge in [-0.05, 0) is 0 Å². The van der Waals surface area contributed by atoms with Crippen molar-refractivity contribution >= 4 is 21.7 Å². The third kappa shape index (κ3) is 3.77. The van der Waals surface area contributed by atoms with E-state index in [0.717, 1.165) is 0 Å². The Labute approximate surface area is 69.1 Å². The van der Waals surface area contributed by atoms with Crippen molar-refractivity contribution in [1.82, 2.24) is 9.13 Å². The summed E-state index contributed by atoms with van der Waals surface area (Å²) in [6.45, 7) is 3.00. The minimum atomic E-state index is -0.867. The van der Waals surface area contributed by atoms with Gasteiger partial charge in [-0.1, -0.05) is 0 Å². The molecule has 0 aromatic carbocycles. The van der Waals surface area contributed by atoms with E-state index in [1.807, 2.05) is 0 Å². The molecule has 5 heteroatoms. The molecule has 0 heterocycles. The third-order valence-corrected chi connectivity index (χ3v) is 3.24. The van der Waals surface area contributed by atoms with Crippen molar-refractivity contribution in [2.24, 2.45) is 0 Å². The predicted octanol–water partition coefficient (Wildman–Crippen LogP) is -1.06. The number of hydrogen-bond acceptors (Lipinski definition) is 2. The van der Waals surface area contributed by atoms with Gasteiger partial charge < -0.3 is 9.13 Å². The van der Waals surface area contributed by atoms with Gasteiger partial charge >= 0.3 is 0 Å². The Kier molecular flexibility index (Phi) is 3.81. The zero-order chi connectivity index (χ0) is 9.02. The van der Waals surface area contributed by atoms with Crippen molar-refractivity contribution in [1.29, 1.82) is 0 Å². The van der Waals surface area contributed by atoms with Gasteiger partial charge in [-0.3, -0.25) is 9.59 Å². The number of hydrogen-bond donors (Lipinski definition) is 0. The Bertz CT molecular complexity index is 154. The molecule has 0 fully saturated rings. The zero-order valence-corrected chi connectivity index (χ0v) is 8.83. The normalized spacial score (nSPS) is 9.09. The first-order chi connectivity index (χ1) is 4.95. The van der Waals surface area contributed by atoms with Crippen molar-refractivity contribution in [3.8, 4) is 0 Å². The van der Waals surface area contributed by atoms with E-state index in [1.165, 1.54) is 13.8 Å². The molecule has 0 aromatic heterocycles. The second kappa shape index (κ2) is 4.12. The van der Waals surface area contributed by atoms with E-state index in [4.69, 9.17) is 0 Å². The molecule has 64 valence electrons. The molecule has 0 aromatic rings. The zero-order valence-electron chi connectivity index (χ0n) is 7.42. The molecule has 11 heavy (non-hydrogen) atoms.